The molecule has 0 amide bonds. The molecule has 0 fully saturated rings. The van der Waals surface area contributed by atoms with Gasteiger partial charge in [0.05, 0.1) is 10.8 Å². The summed E-state index contributed by atoms with van der Waals surface area (Å²) in [4.78, 5) is 5.34. The minimum absolute atomic E-state index is 0.250. The first-order valence-corrected chi connectivity index (χ1v) is 6.18. The first kappa shape index (κ1) is 11.8. The van der Waals surface area contributed by atoms with Crippen LogP contribution in [0.2, 0.25) is 5.28 Å². The molecule has 7 heteroatoms. The molecule has 1 aliphatic rings. The highest BCUT2D eigenvalue weighted by molar-refractivity contribution is 8.02. The van der Waals surface area contributed by atoms with Crippen molar-refractivity contribution in [2.24, 2.45) is 7.05 Å². The van der Waals surface area contributed by atoms with E-state index in [1.165, 1.54) is 0 Å². The first-order valence-electron chi connectivity index (χ1n) is 4.81. The Bertz CT molecular complexity index is 429. The summed E-state index contributed by atoms with van der Waals surface area (Å²) in [5.41, 5.74) is 2.63. The fraction of sp³-hybridized carbons (Fsp3) is 0.556. The summed E-state index contributed by atoms with van der Waals surface area (Å²) in [7, 11) is 1.84. The number of hydrogen-bond acceptors (Lipinski definition) is 5. The van der Waals surface area contributed by atoms with Crippen LogP contribution in [0.4, 0.5) is 0 Å². The Morgan fingerprint density at radius 2 is 2.31 bits per heavy atom. The average molecular weight is 261 g/mol. The van der Waals surface area contributed by atoms with E-state index in [9.17, 15) is 0 Å². The van der Waals surface area contributed by atoms with Gasteiger partial charge in [-0.05, 0) is 31.5 Å². The number of nitrogens with zero attached hydrogens (tertiary/aromatic N) is 3. The largest absolute Gasteiger partial charge is 0.304 e. The summed E-state index contributed by atoms with van der Waals surface area (Å²) >= 11 is 7.41. The van der Waals surface area contributed by atoms with Gasteiger partial charge in [0.2, 0.25) is 5.28 Å². The third-order valence-corrected chi connectivity index (χ3v) is 3.41. The number of thioether (sulfide) groups is 1. The maximum atomic E-state index is 5.80. The number of hydroxylamine groups is 1. The highest BCUT2D eigenvalue weighted by Crippen LogP contribution is 2.27. The van der Waals surface area contributed by atoms with Crippen LogP contribution >= 0.6 is 23.4 Å². The third kappa shape index (κ3) is 2.50. The van der Waals surface area contributed by atoms with E-state index >= 15 is 0 Å². The molecule has 0 aromatic carbocycles. The van der Waals surface area contributed by atoms with Gasteiger partial charge in [0.1, 0.15) is 11.4 Å². The van der Waals surface area contributed by atoms with E-state index in [2.05, 4.69) is 15.7 Å². The van der Waals surface area contributed by atoms with Crippen molar-refractivity contribution in [1.82, 2.24) is 20.2 Å². The molecule has 0 saturated carbocycles. The second-order valence-electron chi connectivity index (χ2n) is 4.05. The van der Waals surface area contributed by atoms with Crippen molar-refractivity contribution >= 4 is 23.4 Å². The van der Waals surface area contributed by atoms with E-state index in [4.69, 9.17) is 16.4 Å². The molecule has 0 unspecified atom stereocenters. The maximum absolute atomic E-state index is 5.80. The summed E-state index contributed by atoms with van der Waals surface area (Å²) in [6.07, 6.45) is 2.04. The van der Waals surface area contributed by atoms with E-state index in [1.54, 1.807) is 16.3 Å². The molecule has 0 aliphatic carbocycles. The van der Waals surface area contributed by atoms with Gasteiger partial charge in [0.25, 0.3) is 0 Å². The topological polar surface area (TPSA) is 52.0 Å². The standard InChI is InChI=1S/C9H13ClN4OS/c1-9(2)4-7(13-15-9)16-5-6-11-12-8(10)14(6)3/h4,13H,5H2,1-3H3. The van der Waals surface area contributed by atoms with Crippen molar-refractivity contribution < 1.29 is 4.84 Å². The predicted octanol–water partition coefficient (Wildman–Crippen LogP) is 1.86. The van der Waals surface area contributed by atoms with E-state index in [-0.39, 0.29) is 5.60 Å². The van der Waals surface area contributed by atoms with Crippen LogP contribution in [0.3, 0.4) is 0 Å². The molecule has 5 nitrogen and oxygen atoms in total. The SMILES string of the molecule is Cn1c(Cl)nnc1CSC1=CC(C)(C)ON1. The molecular formula is C9H13ClN4OS. The molecule has 88 valence electrons. The molecule has 16 heavy (non-hydrogen) atoms. The second-order valence-corrected chi connectivity index (χ2v) is 5.40. The number of hydrogen-bond donors (Lipinski definition) is 1. The zero-order valence-corrected chi connectivity index (χ0v) is 10.9. The Morgan fingerprint density at radius 3 is 2.81 bits per heavy atom. The predicted molar refractivity (Wildman–Crippen MR) is 63.7 cm³/mol. The van der Waals surface area contributed by atoms with Gasteiger partial charge in [0, 0.05) is 7.05 Å². The molecule has 1 aliphatic heterocycles. The number of aromatic nitrogens is 3. The van der Waals surface area contributed by atoms with Crippen molar-refractivity contribution in [3.63, 3.8) is 0 Å². The van der Waals surface area contributed by atoms with Crippen LogP contribution in [-0.4, -0.2) is 20.4 Å². The van der Waals surface area contributed by atoms with Gasteiger partial charge in [-0.15, -0.1) is 10.2 Å². The smallest absolute Gasteiger partial charge is 0.224 e. The Balaban J connectivity index is 1.96. The Labute approximate surface area is 103 Å². The van der Waals surface area contributed by atoms with Crippen molar-refractivity contribution in [3.8, 4) is 0 Å². The molecule has 2 heterocycles. The Kier molecular flexibility index (Phi) is 3.14. The van der Waals surface area contributed by atoms with Crippen molar-refractivity contribution in [2.45, 2.75) is 25.2 Å². The summed E-state index contributed by atoms with van der Waals surface area (Å²) in [5, 5.41) is 9.15. The summed E-state index contributed by atoms with van der Waals surface area (Å²) < 4.78 is 1.76. The van der Waals surface area contributed by atoms with Crippen molar-refractivity contribution in [3.05, 3.63) is 22.2 Å². The Hall–Kier alpha value is -0.720. The van der Waals surface area contributed by atoms with Gasteiger partial charge in [0.15, 0.2) is 0 Å². The van der Waals surface area contributed by atoms with Crippen LogP contribution in [0, 0.1) is 0 Å². The van der Waals surface area contributed by atoms with Gasteiger partial charge < -0.3 is 4.57 Å². The number of nitrogens with one attached hydrogen (secondary N) is 1. The van der Waals surface area contributed by atoms with E-state index < -0.39 is 0 Å². The lowest BCUT2D eigenvalue weighted by Crippen LogP contribution is -2.20. The number of halogens is 1. The van der Waals surface area contributed by atoms with Crippen LogP contribution < -0.4 is 5.48 Å². The average Bonchev–Trinajstić information content (AvgIpc) is 2.70. The summed E-state index contributed by atoms with van der Waals surface area (Å²) in [6, 6.07) is 0. The molecule has 0 spiro atoms. The fourth-order valence-electron chi connectivity index (χ4n) is 1.24. The van der Waals surface area contributed by atoms with Crippen molar-refractivity contribution in [2.75, 3.05) is 0 Å². The van der Waals surface area contributed by atoms with Gasteiger partial charge in [-0.1, -0.05) is 11.8 Å². The van der Waals surface area contributed by atoms with E-state index in [0.717, 1.165) is 10.9 Å². The summed E-state index contributed by atoms with van der Waals surface area (Å²) in [5.74, 6) is 1.54. The van der Waals surface area contributed by atoms with Crippen molar-refractivity contribution in [1.29, 1.82) is 0 Å². The number of rotatable bonds is 3. The lowest BCUT2D eigenvalue weighted by atomic mass is 10.1. The monoisotopic (exact) mass is 260 g/mol. The molecule has 1 N–H and O–H groups in total. The van der Waals surface area contributed by atoms with E-state index in [1.807, 2.05) is 27.0 Å². The molecule has 1 aromatic rings. The van der Waals surface area contributed by atoms with Crippen LogP contribution in [-0.2, 0) is 17.6 Å². The highest BCUT2D eigenvalue weighted by Gasteiger charge is 2.24. The lowest BCUT2D eigenvalue weighted by Gasteiger charge is -2.11. The molecule has 0 saturated heterocycles. The zero-order chi connectivity index (χ0) is 11.8. The quantitative estimate of drug-likeness (QED) is 0.899. The minimum atomic E-state index is -0.250. The molecule has 0 bridgehead atoms. The normalized spacial score (nSPS) is 18.4. The zero-order valence-electron chi connectivity index (χ0n) is 9.32. The molecule has 0 atom stereocenters. The maximum Gasteiger partial charge on any atom is 0.224 e. The molecule has 2 rings (SSSR count). The summed E-state index contributed by atoms with van der Waals surface area (Å²) in [6.45, 7) is 3.99. The van der Waals surface area contributed by atoms with Gasteiger partial charge in [-0.2, -0.15) is 0 Å². The molecule has 1 aromatic heterocycles. The second kappa shape index (κ2) is 4.27. The van der Waals surface area contributed by atoms with Gasteiger partial charge in [-0.25, -0.2) is 0 Å². The van der Waals surface area contributed by atoms with Crippen LogP contribution in [0.15, 0.2) is 11.1 Å². The molecular weight excluding hydrogens is 248 g/mol. The van der Waals surface area contributed by atoms with Gasteiger partial charge >= 0.3 is 0 Å². The first-order chi connectivity index (χ1) is 7.48. The van der Waals surface area contributed by atoms with Gasteiger partial charge in [-0.3, -0.25) is 10.3 Å². The van der Waals surface area contributed by atoms with Crippen LogP contribution in [0.1, 0.15) is 19.7 Å². The minimum Gasteiger partial charge on any atom is -0.304 e. The Morgan fingerprint density at radius 1 is 1.56 bits per heavy atom. The van der Waals surface area contributed by atoms with Crippen LogP contribution in [0.25, 0.3) is 0 Å². The third-order valence-electron chi connectivity index (χ3n) is 2.16. The van der Waals surface area contributed by atoms with Crippen LogP contribution in [0.5, 0.6) is 0 Å². The lowest BCUT2D eigenvalue weighted by molar-refractivity contribution is -0.0126. The molecule has 0 radical (unpaired) electrons. The van der Waals surface area contributed by atoms with E-state index in [0.29, 0.717) is 11.0 Å². The fourth-order valence-corrected chi connectivity index (χ4v) is 2.37. The highest BCUT2D eigenvalue weighted by atomic mass is 35.5.